The van der Waals surface area contributed by atoms with Crippen molar-refractivity contribution in [2.75, 3.05) is 6.61 Å². The Kier molecular flexibility index (Phi) is 4.19. The molecule has 0 unspecified atom stereocenters. The van der Waals surface area contributed by atoms with E-state index < -0.39 is 0 Å². The first-order chi connectivity index (χ1) is 14.8. The van der Waals surface area contributed by atoms with E-state index in [1.165, 1.54) is 51.4 Å². The maximum absolute atomic E-state index is 13.6. The van der Waals surface area contributed by atoms with Gasteiger partial charge in [0.05, 0.1) is 12.7 Å². The lowest BCUT2D eigenvalue weighted by Gasteiger charge is -2.72. The Hall–Kier alpha value is -0.630. The van der Waals surface area contributed by atoms with Crippen LogP contribution in [0.15, 0.2) is 12.2 Å². The lowest BCUT2D eigenvalue weighted by atomic mass is 9.32. The first-order valence-corrected chi connectivity index (χ1v) is 13.7. The lowest BCUT2D eigenvalue weighted by molar-refractivity contribution is -0.230. The van der Waals surface area contributed by atoms with Gasteiger partial charge in [0.2, 0.25) is 0 Å². The molecule has 32 heavy (non-hydrogen) atoms. The molecule has 4 saturated carbocycles. The van der Waals surface area contributed by atoms with E-state index in [1.54, 1.807) is 0 Å². The molecule has 0 radical (unpaired) electrons. The molecule has 5 fully saturated rings. The summed E-state index contributed by atoms with van der Waals surface area (Å²) in [6, 6.07) is 0. The number of allylic oxidation sites excluding steroid dienone is 2. The third-order valence-corrected chi connectivity index (χ3v) is 13.3. The van der Waals surface area contributed by atoms with E-state index in [1.807, 2.05) is 6.08 Å². The van der Waals surface area contributed by atoms with Gasteiger partial charge in [0.15, 0.2) is 5.78 Å². The van der Waals surface area contributed by atoms with Crippen LogP contribution in [0.25, 0.3) is 0 Å². The summed E-state index contributed by atoms with van der Waals surface area (Å²) in [6.07, 6.45) is 15.0. The Bertz CT molecular complexity index is 883. The molecule has 6 aliphatic rings. The van der Waals surface area contributed by atoms with Crippen molar-refractivity contribution in [3.63, 3.8) is 0 Å². The van der Waals surface area contributed by atoms with Gasteiger partial charge >= 0.3 is 0 Å². The van der Waals surface area contributed by atoms with E-state index in [9.17, 15) is 4.79 Å². The fraction of sp³-hybridized carbons (Fsp3) is 0.900. The standard InChI is InChI=1S/C30H46O2/c1-25(2)12-11-22(31)29(7)20(25)10-13-28(6)21(29)9-8-19-23-24-26(3,4)14-16-30(23,18-32-24)17-15-27(19,28)5/h11-12,19-21,23-24H,8-10,13-18H2,1-7H3/t19-,20+,21+,23+,24-,27-,28-,29+,30-/m1/s1. The topological polar surface area (TPSA) is 26.3 Å². The molecule has 1 aliphatic heterocycles. The second kappa shape index (κ2) is 6.13. The van der Waals surface area contributed by atoms with Crippen LogP contribution in [0, 0.1) is 56.2 Å². The van der Waals surface area contributed by atoms with Crippen molar-refractivity contribution in [2.24, 2.45) is 56.2 Å². The molecule has 5 aliphatic carbocycles. The number of rotatable bonds is 0. The van der Waals surface area contributed by atoms with Crippen LogP contribution in [0.3, 0.4) is 0 Å². The highest BCUT2D eigenvalue weighted by Crippen LogP contribution is 2.77. The molecule has 0 N–H and O–H groups in total. The van der Waals surface area contributed by atoms with Gasteiger partial charge in [-0.15, -0.1) is 0 Å². The average molecular weight is 439 g/mol. The van der Waals surface area contributed by atoms with Crippen LogP contribution in [0.5, 0.6) is 0 Å². The molecule has 0 amide bonds. The van der Waals surface area contributed by atoms with E-state index in [-0.39, 0.29) is 16.2 Å². The van der Waals surface area contributed by atoms with Gasteiger partial charge in [0.1, 0.15) is 0 Å². The Morgan fingerprint density at radius 2 is 1.53 bits per heavy atom. The molecular weight excluding hydrogens is 392 g/mol. The van der Waals surface area contributed by atoms with Crippen LogP contribution >= 0.6 is 0 Å². The van der Waals surface area contributed by atoms with Crippen LogP contribution in [0.4, 0.5) is 0 Å². The van der Waals surface area contributed by atoms with Gasteiger partial charge in [0, 0.05) is 5.41 Å². The minimum absolute atomic E-state index is 0.124. The van der Waals surface area contributed by atoms with Crippen molar-refractivity contribution >= 4 is 5.78 Å². The zero-order valence-corrected chi connectivity index (χ0v) is 21.7. The van der Waals surface area contributed by atoms with Crippen molar-refractivity contribution in [3.05, 3.63) is 12.2 Å². The summed E-state index contributed by atoms with van der Waals surface area (Å²) in [5.74, 6) is 2.90. The normalized spacial score (nSPS) is 57.2. The molecule has 1 saturated heterocycles. The fourth-order valence-corrected chi connectivity index (χ4v) is 11.3. The molecule has 0 aromatic rings. The smallest absolute Gasteiger partial charge is 0.161 e. The number of carbonyl (C=O) groups excluding carboxylic acids is 1. The lowest BCUT2D eigenvalue weighted by Crippen LogP contribution is -2.67. The number of hydrogen-bond donors (Lipinski definition) is 0. The van der Waals surface area contributed by atoms with Crippen molar-refractivity contribution < 1.29 is 9.53 Å². The Balaban J connectivity index is 1.43. The third-order valence-electron chi connectivity index (χ3n) is 13.3. The van der Waals surface area contributed by atoms with Gasteiger partial charge in [-0.1, -0.05) is 54.5 Å². The van der Waals surface area contributed by atoms with Crippen molar-refractivity contribution in [2.45, 2.75) is 106 Å². The van der Waals surface area contributed by atoms with Crippen molar-refractivity contribution in [1.82, 2.24) is 0 Å². The second-order valence-corrected chi connectivity index (χ2v) is 15.1. The van der Waals surface area contributed by atoms with Gasteiger partial charge in [0.25, 0.3) is 0 Å². The van der Waals surface area contributed by atoms with E-state index in [2.05, 4.69) is 54.5 Å². The zero-order valence-electron chi connectivity index (χ0n) is 21.7. The van der Waals surface area contributed by atoms with Crippen LogP contribution < -0.4 is 0 Å². The largest absolute Gasteiger partial charge is 0.377 e. The minimum atomic E-state index is -0.199. The summed E-state index contributed by atoms with van der Waals surface area (Å²) in [6.45, 7) is 18.3. The summed E-state index contributed by atoms with van der Waals surface area (Å²) in [5, 5.41) is 0. The summed E-state index contributed by atoms with van der Waals surface area (Å²) in [7, 11) is 0. The van der Waals surface area contributed by atoms with Crippen LogP contribution in [0.1, 0.15) is 99.8 Å². The molecule has 6 rings (SSSR count). The van der Waals surface area contributed by atoms with E-state index in [0.29, 0.717) is 40.0 Å². The first kappa shape index (κ1) is 21.9. The fourth-order valence-electron chi connectivity index (χ4n) is 11.3. The van der Waals surface area contributed by atoms with E-state index >= 15 is 0 Å². The maximum atomic E-state index is 13.6. The highest BCUT2D eigenvalue weighted by molar-refractivity contribution is 5.96. The highest BCUT2D eigenvalue weighted by Gasteiger charge is 2.73. The molecule has 2 bridgehead atoms. The molecule has 2 heteroatoms. The van der Waals surface area contributed by atoms with E-state index in [4.69, 9.17) is 4.74 Å². The van der Waals surface area contributed by atoms with Gasteiger partial charge in [-0.2, -0.15) is 0 Å². The summed E-state index contributed by atoms with van der Waals surface area (Å²) in [5.41, 5.74) is 1.25. The molecule has 9 atom stereocenters. The summed E-state index contributed by atoms with van der Waals surface area (Å²) in [4.78, 5) is 13.6. The molecule has 0 spiro atoms. The van der Waals surface area contributed by atoms with Crippen LogP contribution in [-0.4, -0.2) is 18.5 Å². The van der Waals surface area contributed by atoms with Gasteiger partial charge in [-0.25, -0.2) is 0 Å². The summed E-state index contributed by atoms with van der Waals surface area (Å²) >= 11 is 0. The SMILES string of the molecule is CC1(C)C=CC(=O)[C@]2(C)[C@H]3CC[C@@H]4[C@H]5[C@H]6OC[C@@]5(CCC6(C)C)CC[C@@]4(C)[C@]3(C)CC[C@@H]12. The molecule has 2 nitrogen and oxygen atoms in total. The first-order valence-electron chi connectivity index (χ1n) is 13.7. The second-order valence-electron chi connectivity index (χ2n) is 15.1. The number of ketones is 1. The third kappa shape index (κ3) is 2.30. The minimum Gasteiger partial charge on any atom is -0.377 e. The average Bonchev–Trinajstić information content (AvgIpc) is 3.05. The van der Waals surface area contributed by atoms with Gasteiger partial charge in [-0.05, 0) is 108 Å². The molecule has 1 heterocycles. The molecule has 0 aromatic carbocycles. The Morgan fingerprint density at radius 1 is 0.812 bits per heavy atom. The Morgan fingerprint density at radius 3 is 2.28 bits per heavy atom. The van der Waals surface area contributed by atoms with Gasteiger partial charge < -0.3 is 4.74 Å². The predicted octanol–water partition coefficient (Wildman–Crippen LogP) is 7.22. The quantitative estimate of drug-likeness (QED) is 0.399. The van der Waals surface area contributed by atoms with Crippen LogP contribution in [-0.2, 0) is 9.53 Å². The molecule has 178 valence electrons. The molecule has 0 aromatic heterocycles. The molecular formula is C30H46O2. The number of fused-ring (bicyclic) bond motifs is 5. The van der Waals surface area contributed by atoms with Crippen molar-refractivity contribution in [3.8, 4) is 0 Å². The highest BCUT2D eigenvalue weighted by atomic mass is 16.5. The predicted molar refractivity (Wildman–Crippen MR) is 129 cm³/mol. The van der Waals surface area contributed by atoms with E-state index in [0.717, 1.165) is 18.4 Å². The number of carbonyl (C=O) groups is 1. The van der Waals surface area contributed by atoms with Gasteiger partial charge in [-0.3, -0.25) is 4.79 Å². The van der Waals surface area contributed by atoms with Crippen LogP contribution in [0.2, 0.25) is 0 Å². The van der Waals surface area contributed by atoms with Crippen molar-refractivity contribution in [1.29, 1.82) is 0 Å². The monoisotopic (exact) mass is 438 g/mol. The maximum Gasteiger partial charge on any atom is 0.161 e. The zero-order chi connectivity index (χ0) is 22.9. The number of hydrogen-bond acceptors (Lipinski definition) is 2. The number of ether oxygens (including phenoxy) is 1. The summed E-state index contributed by atoms with van der Waals surface area (Å²) < 4.78 is 6.68. The Labute approximate surface area is 196 Å².